The van der Waals surface area contributed by atoms with Gasteiger partial charge in [0, 0.05) is 12.4 Å². The summed E-state index contributed by atoms with van der Waals surface area (Å²) in [5, 5.41) is 12.3. The molecule has 2 aromatic heterocycles. The first-order chi connectivity index (χ1) is 11.2. The Morgan fingerprint density at radius 1 is 1.22 bits per heavy atom. The predicted octanol–water partition coefficient (Wildman–Crippen LogP) is 3.94. The van der Waals surface area contributed by atoms with Crippen LogP contribution in [-0.2, 0) is 4.79 Å². The van der Waals surface area contributed by atoms with E-state index >= 15 is 0 Å². The summed E-state index contributed by atoms with van der Waals surface area (Å²) in [5.74, 6) is -0.322. The van der Waals surface area contributed by atoms with E-state index in [1.807, 2.05) is 66.1 Å². The molecule has 1 N–H and O–H groups in total. The summed E-state index contributed by atoms with van der Waals surface area (Å²) in [6.45, 7) is 1.98. The number of amides is 1. The van der Waals surface area contributed by atoms with Gasteiger partial charge in [-0.05, 0) is 24.1 Å². The SMILES string of the molecule is CCC(C(=O)Nc1cn2ccccc2c1C#N)c1ccccc1. The maximum atomic E-state index is 12.7. The van der Waals surface area contributed by atoms with Crippen LogP contribution in [0.3, 0.4) is 0 Å². The third kappa shape index (κ3) is 2.82. The monoisotopic (exact) mass is 303 g/mol. The number of anilines is 1. The third-order valence-corrected chi connectivity index (χ3v) is 3.98. The standard InChI is InChI=1S/C19H17N3O/c1-2-15(14-8-4-3-5-9-14)19(23)21-17-13-22-11-7-6-10-18(22)16(17)12-20/h3-11,13,15H,2H2,1H3,(H,21,23). The number of hydrogen-bond acceptors (Lipinski definition) is 2. The van der Waals surface area contributed by atoms with Crippen LogP contribution in [0.25, 0.3) is 5.52 Å². The highest BCUT2D eigenvalue weighted by Crippen LogP contribution is 2.26. The van der Waals surface area contributed by atoms with E-state index < -0.39 is 0 Å². The highest BCUT2D eigenvalue weighted by molar-refractivity contribution is 5.98. The van der Waals surface area contributed by atoms with E-state index in [0.717, 1.165) is 11.1 Å². The van der Waals surface area contributed by atoms with Gasteiger partial charge in [0.05, 0.1) is 17.1 Å². The molecule has 1 aromatic carbocycles. The summed E-state index contributed by atoms with van der Waals surface area (Å²) in [4.78, 5) is 12.7. The van der Waals surface area contributed by atoms with E-state index in [-0.39, 0.29) is 11.8 Å². The lowest BCUT2D eigenvalue weighted by atomic mass is 9.95. The summed E-state index contributed by atoms with van der Waals surface area (Å²) in [7, 11) is 0. The van der Waals surface area contributed by atoms with Gasteiger partial charge in [0.15, 0.2) is 0 Å². The van der Waals surface area contributed by atoms with Crippen molar-refractivity contribution in [1.29, 1.82) is 5.26 Å². The van der Waals surface area contributed by atoms with Crippen molar-refractivity contribution in [2.75, 3.05) is 5.32 Å². The van der Waals surface area contributed by atoms with Gasteiger partial charge >= 0.3 is 0 Å². The summed E-state index contributed by atoms with van der Waals surface area (Å²) < 4.78 is 1.84. The number of fused-ring (bicyclic) bond motifs is 1. The van der Waals surface area contributed by atoms with Crippen molar-refractivity contribution in [3.8, 4) is 6.07 Å². The van der Waals surface area contributed by atoms with Gasteiger partial charge in [0.25, 0.3) is 0 Å². The number of carbonyl (C=O) groups is 1. The van der Waals surface area contributed by atoms with Crippen LogP contribution in [0.1, 0.15) is 30.4 Å². The number of nitrogens with one attached hydrogen (secondary N) is 1. The molecule has 1 amide bonds. The van der Waals surface area contributed by atoms with Crippen molar-refractivity contribution in [3.05, 3.63) is 72.1 Å². The van der Waals surface area contributed by atoms with Crippen LogP contribution < -0.4 is 5.32 Å². The minimum Gasteiger partial charge on any atom is -0.323 e. The fraction of sp³-hybridized carbons (Fsp3) is 0.158. The Labute approximate surface area is 135 Å². The number of rotatable bonds is 4. The van der Waals surface area contributed by atoms with E-state index in [4.69, 9.17) is 0 Å². The second-order valence-electron chi connectivity index (χ2n) is 5.38. The lowest BCUT2D eigenvalue weighted by Gasteiger charge is -2.14. The number of nitriles is 1. The Hall–Kier alpha value is -3.06. The molecule has 4 heteroatoms. The minimum atomic E-state index is -0.231. The zero-order chi connectivity index (χ0) is 16.2. The molecule has 3 rings (SSSR count). The molecular formula is C19H17N3O. The molecule has 3 aromatic rings. The van der Waals surface area contributed by atoms with Gasteiger partial charge in [-0.3, -0.25) is 4.79 Å². The average molecular weight is 303 g/mol. The highest BCUT2D eigenvalue weighted by atomic mass is 16.1. The number of pyridine rings is 1. The molecule has 0 fully saturated rings. The molecule has 4 nitrogen and oxygen atoms in total. The molecule has 0 aliphatic heterocycles. The average Bonchev–Trinajstić information content (AvgIpc) is 2.93. The molecule has 114 valence electrons. The molecule has 1 unspecified atom stereocenters. The van der Waals surface area contributed by atoms with Crippen LogP contribution in [-0.4, -0.2) is 10.3 Å². The molecule has 2 heterocycles. The highest BCUT2D eigenvalue weighted by Gasteiger charge is 2.20. The van der Waals surface area contributed by atoms with Gasteiger partial charge in [0.1, 0.15) is 11.6 Å². The Bertz CT molecular complexity index is 875. The van der Waals surface area contributed by atoms with Gasteiger partial charge in [0.2, 0.25) is 5.91 Å². The van der Waals surface area contributed by atoms with Gasteiger partial charge < -0.3 is 9.72 Å². The van der Waals surface area contributed by atoms with Gasteiger partial charge in [-0.25, -0.2) is 0 Å². The van der Waals surface area contributed by atoms with Crippen LogP contribution in [0.2, 0.25) is 0 Å². The minimum absolute atomic E-state index is 0.0916. The van der Waals surface area contributed by atoms with Gasteiger partial charge in [-0.1, -0.05) is 43.3 Å². The van der Waals surface area contributed by atoms with Crippen LogP contribution in [0, 0.1) is 11.3 Å². The number of nitrogens with zero attached hydrogens (tertiary/aromatic N) is 2. The second-order valence-corrected chi connectivity index (χ2v) is 5.38. The summed E-state index contributed by atoms with van der Waals surface area (Å²) in [6, 6.07) is 17.5. The third-order valence-electron chi connectivity index (χ3n) is 3.98. The smallest absolute Gasteiger partial charge is 0.231 e. The largest absolute Gasteiger partial charge is 0.323 e. The number of aromatic nitrogens is 1. The first-order valence-electron chi connectivity index (χ1n) is 7.60. The number of hydrogen-bond donors (Lipinski definition) is 1. The molecule has 23 heavy (non-hydrogen) atoms. The molecule has 0 aliphatic rings. The maximum Gasteiger partial charge on any atom is 0.231 e. The van der Waals surface area contributed by atoms with Crippen molar-refractivity contribution in [2.45, 2.75) is 19.3 Å². The van der Waals surface area contributed by atoms with E-state index in [1.165, 1.54) is 0 Å². The molecule has 0 radical (unpaired) electrons. The van der Waals surface area contributed by atoms with Crippen molar-refractivity contribution in [1.82, 2.24) is 4.40 Å². The molecule has 0 aliphatic carbocycles. The van der Waals surface area contributed by atoms with Crippen LogP contribution in [0.5, 0.6) is 0 Å². The fourth-order valence-electron chi connectivity index (χ4n) is 2.81. The van der Waals surface area contributed by atoms with Crippen molar-refractivity contribution in [3.63, 3.8) is 0 Å². The Kier molecular flexibility index (Phi) is 4.11. The van der Waals surface area contributed by atoms with Crippen LogP contribution >= 0.6 is 0 Å². The summed E-state index contributed by atoms with van der Waals surface area (Å²) in [5.41, 5.74) is 2.81. The van der Waals surface area contributed by atoms with Crippen LogP contribution in [0.4, 0.5) is 5.69 Å². The maximum absolute atomic E-state index is 12.7. The lowest BCUT2D eigenvalue weighted by Crippen LogP contribution is -2.20. The Morgan fingerprint density at radius 3 is 2.65 bits per heavy atom. The normalized spacial score (nSPS) is 11.8. The zero-order valence-electron chi connectivity index (χ0n) is 12.9. The molecule has 1 atom stereocenters. The predicted molar refractivity (Wildman–Crippen MR) is 90.2 cm³/mol. The van der Waals surface area contributed by atoms with Crippen LogP contribution in [0.15, 0.2) is 60.9 Å². The topological polar surface area (TPSA) is 57.3 Å². The van der Waals surface area contributed by atoms with E-state index in [9.17, 15) is 10.1 Å². The first kappa shape index (κ1) is 14.9. The van der Waals surface area contributed by atoms with E-state index in [2.05, 4.69) is 11.4 Å². The van der Waals surface area contributed by atoms with Gasteiger partial charge in [-0.2, -0.15) is 5.26 Å². The zero-order valence-corrected chi connectivity index (χ0v) is 12.9. The summed E-state index contributed by atoms with van der Waals surface area (Å²) in [6.07, 6.45) is 4.34. The lowest BCUT2D eigenvalue weighted by molar-refractivity contribution is -0.117. The van der Waals surface area contributed by atoms with E-state index in [1.54, 1.807) is 6.20 Å². The fourth-order valence-corrected chi connectivity index (χ4v) is 2.81. The quantitative estimate of drug-likeness (QED) is 0.793. The van der Waals surface area contributed by atoms with Crippen molar-refractivity contribution in [2.24, 2.45) is 0 Å². The summed E-state index contributed by atoms with van der Waals surface area (Å²) >= 11 is 0. The number of benzene rings is 1. The van der Waals surface area contributed by atoms with Crippen molar-refractivity contribution >= 4 is 17.1 Å². The molecular weight excluding hydrogens is 286 g/mol. The first-order valence-corrected chi connectivity index (χ1v) is 7.60. The molecule has 0 bridgehead atoms. The Morgan fingerprint density at radius 2 is 1.96 bits per heavy atom. The molecule has 0 saturated carbocycles. The Balaban J connectivity index is 1.92. The van der Waals surface area contributed by atoms with Gasteiger partial charge in [-0.15, -0.1) is 0 Å². The van der Waals surface area contributed by atoms with E-state index in [0.29, 0.717) is 17.7 Å². The second kappa shape index (κ2) is 6.37. The number of carbonyl (C=O) groups excluding carboxylic acids is 1. The molecule has 0 spiro atoms. The van der Waals surface area contributed by atoms with Crippen molar-refractivity contribution < 1.29 is 4.79 Å². The molecule has 0 saturated heterocycles.